The van der Waals surface area contributed by atoms with E-state index in [0.717, 1.165) is 34.8 Å². The van der Waals surface area contributed by atoms with E-state index < -0.39 is 11.6 Å². The van der Waals surface area contributed by atoms with Crippen LogP contribution in [0.15, 0.2) is 35.5 Å². The van der Waals surface area contributed by atoms with Crippen LogP contribution in [0.1, 0.15) is 11.1 Å². The van der Waals surface area contributed by atoms with Gasteiger partial charge in [0.2, 0.25) is 0 Å². The standard InChI is InChI=1S/C18H15ClF2N4/c19-17-13(14(20)1-2-15(17)21)10-25-6-5-23-18-16(25)7-12(9-24-18)11-3-4-22-8-11/h1-3,7-9H,4-6,10H2,(H,23,24). The normalized spacial score (nSPS) is 15.8. The molecule has 4 rings (SSSR count). The van der Waals surface area contributed by atoms with Crippen LogP contribution in [-0.4, -0.2) is 30.8 Å². The molecule has 4 nitrogen and oxygen atoms in total. The molecule has 0 radical (unpaired) electrons. The molecule has 1 aromatic carbocycles. The number of hydrogen-bond donors (Lipinski definition) is 1. The SMILES string of the molecule is Fc1ccc(F)c(CN2CCNc3ncc(C4=CCN=C4)cc32)c1Cl. The Morgan fingerprint density at radius 1 is 1.24 bits per heavy atom. The van der Waals surface area contributed by atoms with Crippen LogP contribution in [0.4, 0.5) is 20.3 Å². The molecule has 0 saturated heterocycles. The number of aliphatic imine (C=N–C) groups is 1. The smallest absolute Gasteiger partial charge is 0.149 e. The fraction of sp³-hybridized carbons (Fsp3) is 0.222. The molecule has 3 heterocycles. The molecule has 0 fully saturated rings. The summed E-state index contributed by atoms with van der Waals surface area (Å²) in [6.45, 7) is 2.14. The highest BCUT2D eigenvalue weighted by molar-refractivity contribution is 6.31. The van der Waals surface area contributed by atoms with Gasteiger partial charge in [0, 0.05) is 43.2 Å². The maximum absolute atomic E-state index is 14.2. The Bertz CT molecular complexity index is 895. The van der Waals surface area contributed by atoms with Crippen LogP contribution in [0.2, 0.25) is 5.02 Å². The van der Waals surface area contributed by atoms with E-state index in [1.165, 1.54) is 0 Å². The zero-order valence-corrected chi connectivity index (χ0v) is 14.0. The molecule has 0 saturated carbocycles. The number of nitrogens with one attached hydrogen (secondary N) is 1. The van der Waals surface area contributed by atoms with Crippen molar-refractivity contribution in [2.75, 3.05) is 29.9 Å². The third kappa shape index (κ3) is 2.98. The number of hydrogen-bond acceptors (Lipinski definition) is 4. The summed E-state index contributed by atoms with van der Waals surface area (Å²) in [5, 5.41) is 3.06. The summed E-state index contributed by atoms with van der Waals surface area (Å²) in [6.07, 6.45) is 5.62. The van der Waals surface area contributed by atoms with Gasteiger partial charge in [-0.3, -0.25) is 4.99 Å². The van der Waals surface area contributed by atoms with E-state index in [1.807, 2.05) is 23.3 Å². The number of nitrogens with zero attached hydrogens (tertiary/aromatic N) is 3. The Kier molecular flexibility index (Phi) is 4.13. The van der Waals surface area contributed by atoms with Crippen LogP contribution in [0, 0.1) is 11.6 Å². The first kappa shape index (κ1) is 16.0. The average Bonchev–Trinajstić information content (AvgIpc) is 3.16. The summed E-state index contributed by atoms with van der Waals surface area (Å²) in [7, 11) is 0. The Morgan fingerprint density at radius 2 is 2.08 bits per heavy atom. The van der Waals surface area contributed by atoms with Crippen molar-refractivity contribution in [3.8, 4) is 0 Å². The van der Waals surface area contributed by atoms with E-state index >= 15 is 0 Å². The van der Waals surface area contributed by atoms with Crippen LogP contribution in [-0.2, 0) is 6.54 Å². The highest BCUT2D eigenvalue weighted by Crippen LogP contribution is 2.33. The minimum absolute atomic E-state index is 0.154. The van der Waals surface area contributed by atoms with Gasteiger partial charge in [0.15, 0.2) is 0 Å². The van der Waals surface area contributed by atoms with Crippen LogP contribution < -0.4 is 10.2 Å². The quantitative estimate of drug-likeness (QED) is 0.844. The number of benzene rings is 1. The van der Waals surface area contributed by atoms with Gasteiger partial charge in [0.05, 0.1) is 17.3 Å². The first-order valence-corrected chi connectivity index (χ1v) is 8.33. The minimum Gasteiger partial charge on any atom is -0.367 e. The van der Waals surface area contributed by atoms with E-state index in [-0.39, 0.29) is 17.1 Å². The van der Waals surface area contributed by atoms with Crippen LogP contribution >= 0.6 is 11.6 Å². The summed E-state index contributed by atoms with van der Waals surface area (Å²) in [6, 6.07) is 4.13. The first-order chi connectivity index (χ1) is 12.1. The predicted octanol–water partition coefficient (Wildman–Crippen LogP) is 3.91. The fourth-order valence-corrected chi connectivity index (χ4v) is 3.25. The van der Waals surface area contributed by atoms with Crippen molar-refractivity contribution < 1.29 is 8.78 Å². The summed E-state index contributed by atoms with van der Waals surface area (Å²) in [5.41, 5.74) is 2.95. The molecule has 2 aliphatic heterocycles. The topological polar surface area (TPSA) is 40.5 Å². The zero-order chi connectivity index (χ0) is 17.4. The lowest BCUT2D eigenvalue weighted by molar-refractivity contribution is 0.581. The Hall–Kier alpha value is -2.47. The lowest BCUT2D eigenvalue weighted by Crippen LogP contribution is -2.34. The number of allylic oxidation sites excluding steroid dienone is 1. The summed E-state index contributed by atoms with van der Waals surface area (Å²) < 4.78 is 27.9. The lowest BCUT2D eigenvalue weighted by atomic mass is 10.1. The van der Waals surface area contributed by atoms with Gasteiger partial charge in [-0.1, -0.05) is 17.7 Å². The molecular formula is C18H15ClF2N4. The van der Waals surface area contributed by atoms with Gasteiger partial charge in [-0.2, -0.15) is 0 Å². The minimum atomic E-state index is -0.618. The summed E-state index contributed by atoms with van der Waals surface area (Å²) >= 11 is 5.98. The van der Waals surface area contributed by atoms with Crippen molar-refractivity contribution in [1.82, 2.24) is 4.98 Å². The third-order valence-electron chi connectivity index (χ3n) is 4.35. The molecule has 0 amide bonds. The predicted molar refractivity (Wildman–Crippen MR) is 96.5 cm³/mol. The van der Waals surface area contributed by atoms with E-state index in [2.05, 4.69) is 15.3 Å². The van der Waals surface area contributed by atoms with Gasteiger partial charge in [-0.05, 0) is 23.8 Å². The van der Waals surface area contributed by atoms with Crippen molar-refractivity contribution in [3.05, 3.63) is 58.3 Å². The molecule has 25 heavy (non-hydrogen) atoms. The molecule has 7 heteroatoms. The van der Waals surface area contributed by atoms with Gasteiger partial charge in [0.1, 0.15) is 17.5 Å². The molecular weight excluding hydrogens is 346 g/mol. The largest absolute Gasteiger partial charge is 0.367 e. The molecule has 0 atom stereocenters. The Morgan fingerprint density at radius 3 is 2.88 bits per heavy atom. The van der Waals surface area contributed by atoms with Gasteiger partial charge >= 0.3 is 0 Å². The zero-order valence-electron chi connectivity index (χ0n) is 13.3. The summed E-state index contributed by atoms with van der Waals surface area (Å²) in [4.78, 5) is 10.6. The second-order valence-electron chi connectivity index (χ2n) is 5.92. The molecule has 0 unspecified atom stereocenters. The van der Waals surface area contributed by atoms with Crippen LogP contribution in [0.25, 0.3) is 5.57 Å². The molecule has 0 aliphatic carbocycles. The van der Waals surface area contributed by atoms with E-state index in [9.17, 15) is 8.78 Å². The van der Waals surface area contributed by atoms with Crippen LogP contribution in [0.3, 0.4) is 0 Å². The number of halogens is 3. The Balaban J connectivity index is 1.71. The third-order valence-corrected chi connectivity index (χ3v) is 4.76. The molecule has 2 aromatic rings. The number of pyridine rings is 1. The molecule has 0 bridgehead atoms. The van der Waals surface area contributed by atoms with Crippen molar-refractivity contribution in [1.29, 1.82) is 0 Å². The maximum Gasteiger partial charge on any atom is 0.149 e. The van der Waals surface area contributed by atoms with Gasteiger partial charge < -0.3 is 10.2 Å². The van der Waals surface area contributed by atoms with Gasteiger partial charge in [-0.15, -0.1) is 0 Å². The van der Waals surface area contributed by atoms with Crippen molar-refractivity contribution >= 4 is 34.9 Å². The molecule has 2 aliphatic rings. The van der Waals surface area contributed by atoms with Crippen molar-refractivity contribution in [2.45, 2.75) is 6.54 Å². The molecule has 1 N–H and O–H groups in total. The average molecular weight is 361 g/mol. The van der Waals surface area contributed by atoms with Gasteiger partial charge in [-0.25, -0.2) is 13.8 Å². The number of fused-ring (bicyclic) bond motifs is 1. The van der Waals surface area contributed by atoms with Gasteiger partial charge in [0.25, 0.3) is 0 Å². The first-order valence-electron chi connectivity index (χ1n) is 7.95. The van der Waals surface area contributed by atoms with E-state index in [1.54, 1.807) is 6.20 Å². The Labute approximate surface area is 148 Å². The monoisotopic (exact) mass is 360 g/mol. The second-order valence-corrected chi connectivity index (χ2v) is 6.29. The number of aromatic nitrogens is 1. The van der Waals surface area contributed by atoms with Crippen molar-refractivity contribution in [2.24, 2.45) is 4.99 Å². The van der Waals surface area contributed by atoms with E-state index in [4.69, 9.17) is 11.6 Å². The fourth-order valence-electron chi connectivity index (χ4n) is 3.03. The molecule has 0 spiro atoms. The number of rotatable bonds is 3. The highest BCUT2D eigenvalue weighted by Gasteiger charge is 2.22. The molecule has 128 valence electrons. The highest BCUT2D eigenvalue weighted by atomic mass is 35.5. The second kappa shape index (κ2) is 6.44. The summed E-state index contributed by atoms with van der Waals surface area (Å²) in [5.74, 6) is -0.410. The van der Waals surface area contributed by atoms with Crippen LogP contribution in [0.5, 0.6) is 0 Å². The maximum atomic E-state index is 14.2. The van der Waals surface area contributed by atoms with E-state index in [0.29, 0.717) is 19.6 Å². The van der Waals surface area contributed by atoms with Crippen molar-refractivity contribution in [3.63, 3.8) is 0 Å². The molecule has 1 aromatic heterocycles. The number of anilines is 2. The lowest BCUT2D eigenvalue weighted by Gasteiger charge is -2.32.